The van der Waals surface area contributed by atoms with Crippen molar-refractivity contribution >= 4 is 17.8 Å². The van der Waals surface area contributed by atoms with Crippen LogP contribution < -0.4 is 5.32 Å². The number of nitrogens with one attached hydrogen (secondary N) is 1. The first-order chi connectivity index (χ1) is 9.81. The van der Waals surface area contributed by atoms with Crippen LogP contribution in [0.3, 0.4) is 0 Å². The van der Waals surface area contributed by atoms with Crippen LogP contribution in [0, 0.1) is 25.5 Å². The molecule has 1 heterocycles. The van der Waals surface area contributed by atoms with Gasteiger partial charge in [0.2, 0.25) is 5.88 Å². The molecule has 6 nitrogen and oxygen atoms in total. The molecule has 2 rings (SSSR count). The lowest BCUT2D eigenvalue weighted by Gasteiger charge is -2.07. The molecule has 0 atom stereocenters. The van der Waals surface area contributed by atoms with Gasteiger partial charge in [0.15, 0.2) is 11.6 Å². The van der Waals surface area contributed by atoms with Crippen molar-refractivity contribution in [3.05, 3.63) is 46.2 Å². The maximum atomic E-state index is 13.2. The van der Waals surface area contributed by atoms with Gasteiger partial charge in [-0.25, -0.2) is 13.6 Å². The average Bonchev–Trinajstić information content (AvgIpc) is 2.73. The Balaban J connectivity index is 2.41. The summed E-state index contributed by atoms with van der Waals surface area (Å²) in [5.41, 5.74) is -0.0907. The summed E-state index contributed by atoms with van der Waals surface area (Å²) in [6.07, 6.45) is 0. The van der Waals surface area contributed by atoms with Gasteiger partial charge in [-0.2, -0.15) is 0 Å². The van der Waals surface area contributed by atoms with Gasteiger partial charge in [0.05, 0.1) is 16.8 Å². The SMILES string of the molecule is Cc1noc(NC(=O)c2cc(F)c(F)cc2C(=O)O)c1C. The van der Waals surface area contributed by atoms with E-state index in [1.807, 2.05) is 0 Å². The molecule has 2 aromatic rings. The Morgan fingerprint density at radius 3 is 2.24 bits per heavy atom. The minimum Gasteiger partial charge on any atom is -0.478 e. The van der Waals surface area contributed by atoms with Crippen LogP contribution in [-0.4, -0.2) is 22.1 Å². The van der Waals surface area contributed by atoms with Crippen molar-refractivity contribution in [1.82, 2.24) is 5.16 Å². The molecule has 8 heteroatoms. The highest BCUT2D eigenvalue weighted by Gasteiger charge is 2.22. The average molecular weight is 296 g/mol. The Hall–Kier alpha value is -2.77. The molecular weight excluding hydrogens is 286 g/mol. The highest BCUT2D eigenvalue weighted by atomic mass is 19.2. The number of aryl methyl sites for hydroxylation is 1. The second-order valence-corrected chi connectivity index (χ2v) is 4.29. The number of aromatic nitrogens is 1. The fraction of sp³-hybridized carbons (Fsp3) is 0.154. The van der Waals surface area contributed by atoms with E-state index in [0.717, 1.165) is 0 Å². The third-order valence-electron chi connectivity index (χ3n) is 2.92. The van der Waals surface area contributed by atoms with Crippen LogP contribution in [0.15, 0.2) is 16.7 Å². The van der Waals surface area contributed by atoms with E-state index in [0.29, 0.717) is 23.4 Å². The van der Waals surface area contributed by atoms with Crippen LogP contribution in [0.5, 0.6) is 0 Å². The summed E-state index contributed by atoms with van der Waals surface area (Å²) >= 11 is 0. The molecule has 1 amide bonds. The van der Waals surface area contributed by atoms with E-state index >= 15 is 0 Å². The lowest BCUT2D eigenvalue weighted by Crippen LogP contribution is -2.17. The van der Waals surface area contributed by atoms with Gasteiger partial charge in [0.25, 0.3) is 5.91 Å². The number of benzene rings is 1. The lowest BCUT2D eigenvalue weighted by molar-refractivity contribution is 0.0691. The normalized spacial score (nSPS) is 10.5. The standard InChI is InChI=1S/C13H10F2N2O4/c1-5-6(2)17-21-12(5)16-11(18)7-3-9(14)10(15)4-8(7)13(19)20/h3-4H,1-2H3,(H,16,18)(H,19,20). The quantitative estimate of drug-likeness (QED) is 0.908. The molecule has 2 N–H and O–H groups in total. The van der Waals surface area contributed by atoms with Crippen LogP contribution in [-0.2, 0) is 0 Å². The van der Waals surface area contributed by atoms with E-state index < -0.39 is 34.6 Å². The Morgan fingerprint density at radius 2 is 1.76 bits per heavy atom. The third kappa shape index (κ3) is 2.73. The first-order valence-electron chi connectivity index (χ1n) is 5.77. The first-order valence-corrected chi connectivity index (χ1v) is 5.77. The molecule has 0 saturated carbocycles. The molecule has 0 aliphatic rings. The number of anilines is 1. The number of nitrogens with zero attached hydrogens (tertiary/aromatic N) is 1. The number of rotatable bonds is 3. The van der Waals surface area contributed by atoms with Crippen molar-refractivity contribution in [1.29, 1.82) is 0 Å². The van der Waals surface area contributed by atoms with E-state index in [4.69, 9.17) is 9.63 Å². The van der Waals surface area contributed by atoms with Crippen molar-refractivity contribution in [2.24, 2.45) is 0 Å². The Bertz CT molecular complexity index is 740. The number of aromatic carboxylic acids is 1. The van der Waals surface area contributed by atoms with Crippen LogP contribution in [0.2, 0.25) is 0 Å². The Labute approximate surface area is 117 Å². The first kappa shape index (κ1) is 14.6. The monoisotopic (exact) mass is 296 g/mol. The van der Waals surface area contributed by atoms with E-state index in [1.165, 1.54) is 0 Å². The number of hydrogen-bond donors (Lipinski definition) is 2. The fourth-order valence-corrected chi connectivity index (χ4v) is 1.61. The highest BCUT2D eigenvalue weighted by Crippen LogP contribution is 2.21. The minimum atomic E-state index is -1.55. The zero-order valence-electron chi connectivity index (χ0n) is 11.0. The van der Waals surface area contributed by atoms with Gasteiger partial charge in [-0.05, 0) is 26.0 Å². The van der Waals surface area contributed by atoms with E-state index in [2.05, 4.69) is 10.5 Å². The molecule has 0 aliphatic heterocycles. The summed E-state index contributed by atoms with van der Waals surface area (Å²) in [4.78, 5) is 23.0. The van der Waals surface area contributed by atoms with Gasteiger partial charge >= 0.3 is 5.97 Å². The Kier molecular flexibility index (Phi) is 3.70. The van der Waals surface area contributed by atoms with Crippen molar-refractivity contribution in [2.75, 3.05) is 5.32 Å². The predicted molar refractivity (Wildman–Crippen MR) is 67.2 cm³/mol. The summed E-state index contributed by atoms with van der Waals surface area (Å²) in [6, 6.07) is 0.970. The zero-order valence-corrected chi connectivity index (χ0v) is 11.0. The molecule has 1 aromatic carbocycles. The summed E-state index contributed by atoms with van der Waals surface area (Å²) in [6.45, 7) is 3.28. The van der Waals surface area contributed by atoms with Crippen LogP contribution >= 0.6 is 0 Å². The zero-order chi connectivity index (χ0) is 15.7. The van der Waals surface area contributed by atoms with Gasteiger partial charge < -0.3 is 9.63 Å². The third-order valence-corrected chi connectivity index (χ3v) is 2.92. The van der Waals surface area contributed by atoms with E-state index in [-0.39, 0.29) is 5.88 Å². The van der Waals surface area contributed by atoms with Crippen molar-refractivity contribution in [3.63, 3.8) is 0 Å². The number of amides is 1. The van der Waals surface area contributed by atoms with Crippen LogP contribution in [0.1, 0.15) is 32.0 Å². The van der Waals surface area contributed by atoms with Gasteiger partial charge in [0.1, 0.15) is 0 Å². The summed E-state index contributed by atoms with van der Waals surface area (Å²) in [5, 5.41) is 14.8. The summed E-state index contributed by atoms with van der Waals surface area (Å²) < 4.78 is 31.1. The molecule has 0 aliphatic carbocycles. The number of carbonyl (C=O) groups excluding carboxylic acids is 1. The fourth-order valence-electron chi connectivity index (χ4n) is 1.61. The summed E-state index contributed by atoms with van der Waals surface area (Å²) in [5.74, 6) is -5.15. The van der Waals surface area contributed by atoms with Crippen LogP contribution in [0.25, 0.3) is 0 Å². The second-order valence-electron chi connectivity index (χ2n) is 4.29. The molecule has 0 fully saturated rings. The maximum absolute atomic E-state index is 13.2. The topological polar surface area (TPSA) is 92.4 Å². The Morgan fingerprint density at radius 1 is 1.19 bits per heavy atom. The van der Waals surface area contributed by atoms with Gasteiger partial charge in [-0.15, -0.1) is 0 Å². The molecule has 0 unspecified atom stereocenters. The molecule has 0 bridgehead atoms. The molecule has 21 heavy (non-hydrogen) atoms. The van der Waals surface area contributed by atoms with E-state index in [9.17, 15) is 18.4 Å². The summed E-state index contributed by atoms with van der Waals surface area (Å²) in [7, 11) is 0. The minimum absolute atomic E-state index is 0.0126. The maximum Gasteiger partial charge on any atom is 0.336 e. The second kappa shape index (κ2) is 5.31. The number of carbonyl (C=O) groups is 2. The van der Waals surface area contributed by atoms with Crippen molar-refractivity contribution in [2.45, 2.75) is 13.8 Å². The highest BCUT2D eigenvalue weighted by molar-refractivity contribution is 6.10. The number of halogens is 2. The molecule has 0 spiro atoms. The van der Waals surface area contributed by atoms with Crippen molar-refractivity contribution in [3.8, 4) is 0 Å². The largest absolute Gasteiger partial charge is 0.478 e. The number of hydrogen-bond acceptors (Lipinski definition) is 4. The molecular formula is C13H10F2N2O4. The number of carboxylic acids is 1. The predicted octanol–water partition coefficient (Wildman–Crippen LogP) is 2.52. The van der Waals surface area contributed by atoms with Crippen molar-refractivity contribution < 1.29 is 28.0 Å². The van der Waals surface area contributed by atoms with Crippen LogP contribution in [0.4, 0.5) is 14.7 Å². The smallest absolute Gasteiger partial charge is 0.336 e. The van der Waals surface area contributed by atoms with Gasteiger partial charge in [-0.3, -0.25) is 10.1 Å². The van der Waals surface area contributed by atoms with E-state index in [1.54, 1.807) is 13.8 Å². The molecule has 0 radical (unpaired) electrons. The number of carboxylic acid groups (broad SMARTS) is 1. The molecule has 110 valence electrons. The lowest BCUT2D eigenvalue weighted by atomic mass is 10.1. The van der Waals surface area contributed by atoms with Gasteiger partial charge in [0, 0.05) is 5.56 Å². The van der Waals surface area contributed by atoms with Gasteiger partial charge in [-0.1, -0.05) is 5.16 Å². The molecule has 0 saturated heterocycles. The molecule has 1 aromatic heterocycles.